The van der Waals surface area contributed by atoms with Gasteiger partial charge in [0.25, 0.3) is 0 Å². The van der Waals surface area contributed by atoms with E-state index < -0.39 is 0 Å². The summed E-state index contributed by atoms with van der Waals surface area (Å²) in [6.07, 6.45) is 5.49. The Morgan fingerprint density at radius 3 is 2.81 bits per heavy atom. The number of thioether (sulfide) groups is 1. The predicted molar refractivity (Wildman–Crippen MR) is 73.3 cm³/mol. The summed E-state index contributed by atoms with van der Waals surface area (Å²) in [5, 5.41) is 4.33. The third-order valence-corrected chi connectivity index (χ3v) is 4.65. The van der Waals surface area contributed by atoms with Crippen LogP contribution in [-0.4, -0.2) is 36.3 Å². The van der Waals surface area contributed by atoms with Crippen molar-refractivity contribution in [2.24, 2.45) is 0 Å². The number of nitrogens with one attached hydrogen (secondary N) is 1. The molecule has 0 aromatic carbocycles. The molecule has 1 heterocycles. The summed E-state index contributed by atoms with van der Waals surface area (Å²) in [7, 11) is 0. The van der Waals surface area contributed by atoms with Gasteiger partial charge < -0.3 is 10.1 Å². The second-order valence-electron chi connectivity index (χ2n) is 4.64. The van der Waals surface area contributed by atoms with Crippen molar-refractivity contribution in [3.8, 4) is 0 Å². The van der Waals surface area contributed by atoms with E-state index in [4.69, 9.17) is 4.74 Å². The molecule has 96 valence electrons. The molecule has 0 aliphatic carbocycles. The maximum absolute atomic E-state index is 5.66. The third-order valence-electron chi connectivity index (χ3n) is 3.23. The van der Waals surface area contributed by atoms with Crippen molar-refractivity contribution in [2.75, 3.05) is 18.9 Å². The highest BCUT2D eigenvalue weighted by molar-refractivity contribution is 7.99. The predicted octanol–water partition coefficient (Wildman–Crippen LogP) is 3.07. The molecule has 1 aliphatic rings. The van der Waals surface area contributed by atoms with Gasteiger partial charge >= 0.3 is 0 Å². The molecule has 3 atom stereocenters. The largest absolute Gasteiger partial charge is 0.377 e. The molecular weight excluding hydrogens is 218 g/mol. The molecule has 1 saturated heterocycles. The van der Waals surface area contributed by atoms with E-state index in [1.807, 2.05) is 0 Å². The first-order valence-electron chi connectivity index (χ1n) is 6.74. The summed E-state index contributed by atoms with van der Waals surface area (Å²) in [6, 6.07) is 0.659. The van der Waals surface area contributed by atoms with Crippen LogP contribution >= 0.6 is 11.8 Å². The van der Waals surface area contributed by atoms with Gasteiger partial charge in [-0.2, -0.15) is 11.8 Å². The summed E-state index contributed by atoms with van der Waals surface area (Å²) >= 11 is 2.07. The SMILES string of the molecule is CCCNC(CC)C(C)SCC1CCCO1. The Hall–Kier alpha value is 0.270. The summed E-state index contributed by atoms with van der Waals surface area (Å²) in [6.45, 7) is 8.96. The van der Waals surface area contributed by atoms with E-state index >= 15 is 0 Å². The van der Waals surface area contributed by atoms with Gasteiger partial charge in [0, 0.05) is 23.7 Å². The second-order valence-corrected chi connectivity index (χ2v) is 6.05. The van der Waals surface area contributed by atoms with Crippen LogP contribution in [0.5, 0.6) is 0 Å². The van der Waals surface area contributed by atoms with Gasteiger partial charge in [0.1, 0.15) is 0 Å². The molecular formula is C13H27NOS. The van der Waals surface area contributed by atoms with Crippen molar-refractivity contribution in [1.82, 2.24) is 5.32 Å². The van der Waals surface area contributed by atoms with E-state index in [9.17, 15) is 0 Å². The highest BCUT2D eigenvalue weighted by atomic mass is 32.2. The zero-order chi connectivity index (χ0) is 11.8. The lowest BCUT2D eigenvalue weighted by Crippen LogP contribution is -2.37. The quantitative estimate of drug-likeness (QED) is 0.710. The monoisotopic (exact) mass is 245 g/mol. The minimum atomic E-state index is 0.524. The van der Waals surface area contributed by atoms with Crippen molar-refractivity contribution in [3.63, 3.8) is 0 Å². The molecule has 1 fully saturated rings. The summed E-state index contributed by atoms with van der Waals surface area (Å²) in [5.41, 5.74) is 0. The first-order chi connectivity index (χ1) is 7.77. The van der Waals surface area contributed by atoms with Gasteiger partial charge in [-0.05, 0) is 32.2 Å². The highest BCUT2D eigenvalue weighted by Crippen LogP contribution is 2.22. The van der Waals surface area contributed by atoms with Gasteiger partial charge in [0.05, 0.1) is 6.10 Å². The lowest BCUT2D eigenvalue weighted by atomic mass is 10.1. The van der Waals surface area contributed by atoms with Gasteiger partial charge in [-0.3, -0.25) is 0 Å². The van der Waals surface area contributed by atoms with E-state index in [1.54, 1.807) is 0 Å². The topological polar surface area (TPSA) is 21.3 Å². The minimum absolute atomic E-state index is 0.524. The molecule has 3 unspecified atom stereocenters. The molecule has 0 aromatic rings. The highest BCUT2D eigenvalue weighted by Gasteiger charge is 2.20. The fourth-order valence-corrected chi connectivity index (χ4v) is 3.43. The molecule has 1 rings (SSSR count). The first kappa shape index (κ1) is 14.3. The van der Waals surface area contributed by atoms with E-state index in [1.165, 1.54) is 31.4 Å². The zero-order valence-corrected chi connectivity index (χ0v) is 11.8. The molecule has 0 radical (unpaired) electrons. The Bertz CT molecular complexity index is 171. The smallest absolute Gasteiger partial charge is 0.0666 e. The average molecular weight is 245 g/mol. The molecule has 1 N–H and O–H groups in total. The maximum atomic E-state index is 5.66. The van der Waals surface area contributed by atoms with Crippen molar-refractivity contribution >= 4 is 11.8 Å². The first-order valence-corrected chi connectivity index (χ1v) is 7.79. The Kier molecular flexibility index (Phi) is 7.50. The van der Waals surface area contributed by atoms with Crippen molar-refractivity contribution in [2.45, 2.75) is 63.9 Å². The molecule has 3 heteroatoms. The minimum Gasteiger partial charge on any atom is -0.377 e. The van der Waals surface area contributed by atoms with Crippen LogP contribution in [0.4, 0.5) is 0 Å². The van der Waals surface area contributed by atoms with Gasteiger partial charge in [-0.25, -0.2) is 0 Å². The number of rotatable bonds is 8. The maximum Gasteiger partial charge on any atom is 0.0666 e. The Morgan fingerprint density at radius 1 is 1.44 bits per heavy atom. The Labute approximate surface area is 105 Å². The van der Waals surface area contributed by atoms with Gasteiger partial charge in [0.2, 0.25) is 0 Å². The van der Waals surface area contributed by atoms with Crippen LogP contribution in [0.1, 0.15) is 46.5 Å². The summed E-state index contributed by atoms with van der Waals surface area (Å²) in [5.74, 6) is 1.17. The Morgan fingerprint density at radius 2 is 2.25 bits per heavy atom. The van der Waals surface area contributed by atoms with Crippen molar-refractivity contribution < 1.29 is 4.74 Å². The lowest BCUT2D eigenvalue weighted by molar-refractivity contribution is 0.128. The molecule has 0 amide bonds. The molecule has 2 nitrogen and oxygen atoms in total. The van der Waals surface area contributed by atoms with E-state index in [-0.39, 0.29) is 0 Å². The van der Waals surface area contributed by atoms with Gasteiger partial charge in [-0.15, -0.1) is 0 Å². The number of hydrogen-bond acceptors (Lipinski definition) is 3. The molecule has 0 saturated carbocycles. The van der Waals surface area contributed by atoms with Crippen molar-refractivity contribution in [3.05, 3.63) is 0 Å². The summed E-state index contributed by atoms with van der Waals surface area (Å²) < 4.78 is 5.66. The molecule has 0 aromatic heterocycles. The molecule has 0 spiro atoms. The van der Waals surface area contributed by atoms with Crippen LogP contribution in [-0.2, 0) is 4.74 Å². The summed E-state index contributed by atoms with van der Waals surface area (Å²) in [4.78, 5) is 0. The Balaban J connectivity index is 2.17. The van der Waals surface area contributed by atoms with Crippen LogP contribution in [0, 0.1) is 0 Å². The molecule has 0 bridgehead atoms. The van der Waals surface area contributed by atoms with E-state index in [0.717, 1.165) is 13.2 Å². The standard InChI is InChI=1S/C13H27NOS/c1-4-8-14-13(5-2)11(3)16-10-12-7-6-9-15-12/h11-14H,4-10H2,1-3H3. The van der Waals surface area contributed by atoms with Crippen LogP contribution < -0.4 is 5.32 Å². The average Bonchev–Trinajstić information content (AvgIpc) is 2.80. The van der Waals surface area contributed by atoms with Crippen LogP contribution in [0.25, 0.3) is 0 Å². The van der Waals surface area contributed by atoms with E-state index in [0.29, 0.717) is 17.4 Å². The van der Waals surface area contributed by atoms with Gasteiger partial charge in [0.15, 0.2) is 0 Å². The lowest BCUT2D eigenvalue weighted by Gasteiger charge is -2.24. The fourth-order valence-electron chi connectivity index (χ4n) is 2.12. The van der Waals surface area contributed by atoms with Crippen LogP contribution in [0.3, 0.4) is 0 Å². The number of hydrogen-bond donors (Lipinski definition) is 1. The van der Waals surface area contributed by atoms with Gasteiger partial charge in [-0.1, -0.05) is 20.8 Å². The van der Waals surface area contributed by atoms with Crippen molar-refractivity contribution in [1.29, 1.82) is 0 Å². The zero-order valence-electron chi connectivity index (χ0n) is 11.0. The van der Waals surface area contributed by atoms with Crippen LogP contribution in [0.2, 0.25) is 0 Å². The van der Waals surface area contributed by atoms with E-state index in [2.05, 4.69) is 37.8 Å². The normalized spacial score (nSPS) is 24.6. The second kappa shape index (κ2) is 8.37. The molecule has 1 aliphatic heterocycles. The molecule has 16 heavy (non-hydrogen) atoms. The third kappa shape index (κ3) is 5.07. The van der Waals surface area contributed by atoms with Crippen LogP contribution in [0.15, 0.2) is 0 Å². The number of ether oxygens (including phenoxy) is 1. The fraction of sp³-hybridized carbons (Fsp3) is 1.00.